The van der Waals surface area contributed by atoms with E-state index in [1.807, 2.05) is 23.7 Å². The maximum Gasteiger partial charge on any atom is 0.0977 e. The third kappa shape index (κ3) is 6.46. The van der Waals surface area contributed by atoms with Crippen LogP contribution in [0.4, 0.5) is 0 Å². The van der Waals surface area contributed by atoms with Gasteiger partial charge < -0.3 is 9.13 Å². The smallest absolute Gasteiger partial charge is 0.0977 e. The van der Waals surface area contributed by atoms with Crippen LogP contribution < -0.4 is 0 Å². The van der Waals surface area contributed by atoms with E-state index < -0.39 is 0 Å². The van der Waals surface area contributed by atoms with Gasteiger partial charge in [-0.3, -0.25) is 9.97 Å². The fourth-order valence-corrected chi connectivity index (χ4v) is 14.9. The normalized spacial score (nSPS) is 12.2. The Morgan fingerprint density at radius 3 is 1.46 bits per heavy atom. The molecule has 5 heteroatoms. The number of hydrogen-bond acceptors (Lipinski definition) is 3. The van der Waals surface area contributed by atoms with Crippen molar-refractivity contribution in [2.75, 3.05) is 0 Å². The SMILES string of the molecule is c1cc(-c2ccc3c4ccccc4c4ccccc4c3c2)cc(-c2ccc3c(c2)c2nccnc2c2c(-c4cccc5c4c4ccccc4n5-c4ccc5c(c4)c4ccccc4n5-c4ccc5sc6ccccc6c5c4)cccc32)c1. The zero-order valence-corrected chi connectivity index (χ0v) is 44.4. The molecule has 0 amide bonds. The molecule has 18 rings (SSSR count). The first kappa shape index (κ1) is 44.5. The van der Waals surface area contributed by atoms with E-state index in [0.717, 1.165) is 77.2 Å². The molecule has 0 saturated carbocycles. The van der Waals surface area contributed by atoms with Gasteiger partial charge in [-0.25, -0.2) is 0 Å². The van der Waals surface area contributed by atoms with Gasteiger partial charge in [0.05, 0.1) is 33.1 Å². The number of benzene rings is 14. The third-order valence-corrected chi connectivity index (χ3v) is 18.5. The summed E-state index contributed by atoms with van der Waals surface area (Å²) in [6, 6.07) is 94.4. The van der Waals surface area contributed by atoms with E-state index in [1.54, 1.807) is 0 Å². The summed E-state index contributed by atoms with van der Waals surface area (Å²) in [4.78, 5) is 10.3. The molecule has 4 heterocycles. The minimum Gasteiger partial charge on any atom is -0.309 e. The van der Waals surface area contributed by atoms with E-state index in [1.165, 1.54) is 96.2 Å². The lowest BCUT2D eigenvalue weighted by atomic mass is 9.89. The zero-order valence-electron chi connectivity index (χ0n) is 43.6. The Balaban J connectivity index is 0.779. The quantitative estimate of drug-likeness (QED) is 0.161. The third-order valence-electron chi connectivity index (χ3n) is 17.4. The molecule has 0 N–H and O–H groups in total. The highest BCUT2D eigenvalue weighted by Gasteiger charge is 2.22. The highest BCUT2D eigenvalue weighted by atomic mass is 32.1. The summed E-state index contributed by atoms with van der Waals surface area (Å²) in [6.45, 7) is 0. The first-order chi connectivity index (χ1) is 40.2. The lowest BCUT2D eigenvalue weighted by molar-refractivity contribution is 1.17. The minimum absolute atomic E-state index is 0.893. The Morgan fingerprint density at radius 2 is 0.716 bits per heavy atom. The van der Waals surface area contributed by atoms with E-state index in [0.29, 0.717) is 0 Å². The van der Waals surface area contributed by atoms with Gasteiger partial charge in [0, 0.05) is 76.3 Å². The molecule has 0 saturated heterocycles. The van der Waals surface area contributed by atoms with Gasteiger partial charge in [-0.2, -0.15) is 0 Å². The maximum atomic E-state index is 5.20. The molecule has 14 aromatic carbocycles. The number of aromatic nitrogens is 4. The van der Waals surface area contributed by atoms with E-state index in [2.05, 4.69) is 264 Å². The van der Waals surface area contributed by atoms with Crippen LogP contribution >= 0.6 is 11.3 Å². The van der Waals surface area contributed by atoms with E-state index in [-0.39, 0.29) is 0 Å². The number of nitrogens with zero attached hydrogens (tertiary/aromatic N) is 4. The predicted molar refractivity (Wildman–Crippen MR) is 345 cm³/mol. The number of rotatable bonds is 5. The molecule has 0 aliphatic carbocycles. The fourth-order valence-electron chi connectivity index (χ4n) is 13.8. The first-order valence-corrected chi connectivity index (χ1v) is 28.5. The van der Waals surface area contributed by atoms with Crippen LogP contribution in [-0.2, 0) is 0 Å². The Labute approximate surface area is 468 Å². The topological polar surface area (TPSA) is 35.6 Å². The average molecular weight is 1050 g/mol. The van der Waals surface area contributed by atoms with E-state index in [4.69, 9.17) is 9.97 Å². The van der Waals surface area contributed by atoms with E-state index >= 15 is 0 Å². The molecular formula is C76H44N4S. The molecule has 0 fully saturated rings. The van der Waals surface area contributed by atoms with Crippen molar-refractivity contribution in [3.63, 3.8) is 0 Å². The molecule has 0 spiro atoms. The molecule has 0 atom stereocenters. The van der Waals surface area contributed by atoms with Crippen LogP contribution in [0.25, 0.3) is 173 Å². The average Bonchev–Trinajstić information content (AvgIpc) is 4.25. The number of thiophene rings is 1. The van der Waals surface area contributed by atoms with E-state index in [9.17, 15) is 0 Å². The molecule has 374 valence electrons. The molecule has 0 aliphatic heterocycles. The highest BCUT2D eigenvalue weighted by molar-refractivity contribution is 7.25. The minimum atomic E-state index is 0.893. The zero-order chi connectivity index (χ0) is 52.9. The van der Waals surface area contributed by atoms with Crippen LogP contribution in [0.2, 0.25) is 0 Å². The molecule has 0 radical (unpaired) electrons. The lowest BCUT2D eigenvalue weighted by Gasteiger charge is -2.15. The van der Waals surface area contributed by atoms with Crippen molar-refractivity contribution in [1.82, 2.24) is 19.1 Å². The standard InChI is InChI=1S/C76H44N4S/c1-2-18-53-51(16-1)52-17-3-4-19-54(52)63-41-47(30-34-55(53)63)45-14-11-15-46(40-45)48-31-35-56-59-23-12-24-61(74(59)76-75(66(56)42-48)77-38-39-78-76)60-25-13-28-70-73(60)62-22-6-9-27-68(62)80(70)49-32-36-69-64(43-49)57-20-5-8-26-67(57)79(69)50-33-37-72-65(44-50)58-21-7-10-29-71(58)81-72/h1-44H. The molecule has 18 aromatic rings. The van der Waals surface area contributed by atoms with Crippen molar-refractivity contribution < 1.29 is 0 Å². The van der Waals surface area contributed by atoms with Crippen LogP contribution in [0.5, 0.6) is 0 Å². The molecule has 0 bridgehead atoms. The van der Waals surface area contributed by atoms with Crippen molar-refractivity contribution >= 4 is 140 Å². The molecule has 4 nitrogen and oxygen atoms in total. The van der Waals surface area contributed by atoms with Gasteiger partial charge in [0.1, 0.15) is 0 Å². The second kappa shape index (κ2) is 17.0. The predicted octanol–water partition coefficient (Wildman–Crippen LogP) is 21.0. The first-order valence-electron chi connectivity index (χ1n) is 27.7. The van der Waals surface area contributed by atoms with Crippen molar-refractivity contribution in [1.29, 1.82) is 0 Å². The molecule has 81 heavy (non-hydrogen) atoms. The Morgan fingerprint density at radius 1 is 0.247 bits per heavy atom. The number of hydrogen-bond donors (Lipinski definition) is 0. The molecular weight excluding hydrogens is 1000 g/mol. The van der Waals surface area contributed by atoms with Crippen LogP contribution in [0.15, 0.2) is 267 Å². The van der Waals surface area contributed by atoms with Gasteiger partial charge >= 0.3 is 0 Å². The van der Waals surface area contributed by atoms with Crippen LogP contribution in [0.3, 0.4) is 0 Å². The second-order valence-corrected chi connectivity index (χ2v) is 22.6. The Kier molecular flexibility index (Phi) is 9.35. The summed E-state index contributed by atoms with van der Waals surface area (Å²) < 4.78 is 7.52. The van der Waals surface area contributed by atoms with Gasteiger partial charge in [0.25, 0.3) is 0 Å². The summed E-state index contributed by atoms with van der Waals surface area (Å²) in [5.41, 5.74) is 15.7. The number of fused-ring (bicyclic) bond motifs is 21. The fraction of sp³-hybridized carbons (Fsp3) is 0. The summed E-state index contributed by atoms with van der Waals surface area (Å²) in [7, 11) is 0. The molecule has 4 aromatic heterocycles. The molecule has 0 aliphatic rings. The summed E-state index contributed by atoms with van der Waals surface area (Å²) in [5, 5.41) is 19.6. The second-order valence-electron chi connectivity index (χ2n) is 21.6. The molecule has 0 unspecified atom stereocenters. The van der Waals surface area contributed by atoms with Gasteiger partial charge in [0.2, 0.25) is 0 Å². The maximum absolute atomic E-state index is 5.20. The summed E-state index contributed by atoms with van der Waals surface area (Å²) in [6.07, 6.45) is 3.68. The van der Waals surface area contributed by atoms with Crippen molar-refractivity contribution in [3.05, 3.63) is 267 Å². The Hall–Kier alpha value is -10.5. The lowest BCUT2D eigenvalue weighted by Crippen LogP contribution is -1.96. The van der Waals surface area contributed by atoms with Crippen molar-refractivity contribution in [2.45, 2.75) is 0 Å². The van der Waals surface area contributed by atoms with Crippen LogP contribution in [-0.4, -0.2) is 19.1 Å². The summed E-state index contributed by atoms with van der Waals surface area (Å²) >= 11 is 1.86. The van der Waals surface area contributed by atoms with Gasteiger partial charge in [-0.15, -0.1) is 11.3 Å². The number of para-hydroxylation sites is 2. The van der Waals surface area contributed by atoms with Gasteiger partial charge in [-0.1, -0.05) is 176 Å². The van der Waals surface area contributed by atoms with Gasteiger partial charge in [0.15, 0.2) is 0 Å². The summed E-state index contributed by atoms with van der Waals surface area (Å²) in [5.74, 6) is 0. The van der Waals surface area contributed by atoms with Gasteiger partial charge in [-0.05, 0) is 155 Å². The Bertz CT molecular complexity index is 5680. The highest BCUT2D eigenvalue weighted by Crippen LogP contribution is 2.46. The monoisotopic (exact) mass is 1040 g/mol. The van der Waals surface area contributed by atoms with Crippen LogP contribution in [0.1, 0.15) is 0 Å². The van der Waals surface area contributed by atoms with Crippen molar-refractivity contribution in [2.24, 2.45) is 0 Å². The van der Waals surface area contributed by atoms with Crippen LogP contribution in [0, 0.1) is 0 Å². The van der Waals surface area contributed by atoms with Crippen molar-refractivity contribution in [3.8, 4) is 44.8 Å². The largest absolute Gasteiger partial charge is 0.309 e.